The van der Waals surface area contributed by atoms with Crippen molar-refractivity contribution in [3.05, 3.63) is 47.8 Å². The lowest BCUT2D eigenvalue weighted by molar-refractivity contribution is 0.500. The maximum atomic E-state index is 12.9. The van der Waals surface area contributed by atoms with Crippen molar-refractivity contribution in [1.82, 2.24) is 20.1 Å². The van der Waals surface area contributed by atoms with Gasteiger partial charge in [0.1, 0.15) is 5.82 Å². The van der Waals surface area contributed by atoms with Crippen LogP contribution in [0.2, 0.25) is 0 Å². The molecule has 0 fully saturated rings. The Morgan fingerprint density at radius 3 is 2.79 bits per heavy atom. The van der Waals surface area contributed by atoms with Gasteiger partial charge < -0.3 is 5.32 Å². The molecule has 0 radical (unpaired) electrons. The van der Waals surface area contributed by atoms with Crippen LogP contribution in [-0.4, -0.2) is 21.3 Å². The number of nitrogens with one attached hydrogen (secondary N) is 1. The molecular weight excluding hydrogens is 243 g/mol. The van der Waals surface area contributed by atoms with E-state index in [9.17, 15) is 4.39 Å². The van der Waals surface area contributed by atoms with Crippen LogP contribution in [-0.2, 0) is 13.5 Å². The van der Waals surface area contributed by atoms with Crippen molar-refractivity contribution in [1.29, 1.82) is 0 Å². The Labute approximate surface area is 112 Å². The van der Waals surface area contributed by atoms with Gasteiger partial charge in [0.25, 0.3) is 0 Å². The van der Waals surface area contributed by atoms with Gasteiger partial charge in [0.15, 0.2) is 0 Å². The van der Waals surface area contributed by atoms with Crippen LogP contribution in [0.5, 0.6) is 0 Å². The number of hydrogen-bond donors (Lipinski definition) is 1. The van der Waals surface area contributed by atoms with Gasteiger partial charge in [-0.2, -0.15) is 5.10 Å². The molecule has 0 saturated carbocycles. The highest BCUT2D eigenvalue weighted by atomic mass is 19.1. The number of nitrogens with zero attached hydrogens (tertiary/aromatic N) is 3. The lowest BCUT2D eigenvalue weighted by atomic mass is 10.0. The van der Waals surface area contributed by atoms with E-state index in [2.05, 4.69) is 22.3 Å². The van der Waals surface area contributed by atoms with E-state index < -0.39 is 0 Å². The molecule has 0 spiro atoms. The molecule has 2 heterocycles. The molecule has 1 unspecified atom stereocenters. The zero-order valence-corrected chi connectivity index (χ0v) is 11.3. The Kier molecular flexibility index (Phi) is 4.63. The normalized spacial score (nSPS) is 12.6. The van der Waals surface area contributed by atoms with Crippen molar-refractivity contribution in [2.24, 2.45) is 7.05 Å². The van der Waals surface area contributed by atoms with Gasteiger partial charge in [-0.1, -0.05) is 6.92 Å². The van der Waals surface area contributed by atoms with E-state index >= 15 is 0 Å². The topological polar surface area (TPSA) is 42.7 Å². The van der Waals surface area contributed by atoms with E-state index in [-0.39, 0.29) is 11.9 Å². The second kappa shape index (κ2) is 6.43. The summed E-state index contributed by atoms with van der Waals surface area (Å²) in [6, 6.07) is 3.34. The smallest absolute Gasteiger partial charge is 0.141 e. The number of rotatable bonds is 6. The lowest BCUT2D eigenvalue weighted by Crippen LogP contribution is -2.22. The van der Waals surface area contributed by atoms with Gasteiger partial charge in [-0.25, -0.2) is 4.39 Å². The molecule has 102 valence electrons. The van der Waals surface area contributed by atoms with Gasteiger partial charge in [0.2, 0.25) is 0 Å². The first-order valence-corrected chi connectivity index (χ1v) is 6.51. The summed E-state index contributed by atoms with van der Waals surface area (Å²) in [5.74, 6) is -0.300. The Bertz CT molecular complexity index is 506. The molecule has 0 aliphatic carbocycles. The van der Waals surface area contributed by atoms with Crippen LogP contribution < -0.4 is 5.32 Å². The fraction of sp³-hybridized carbons (Fsp3) is 0.429. The summed E-state index contributed by atoms with van der Waals surface area (Å²) >= 11 is 0. The molecule has 0 aromatic carbocycles. The van der Waals surface area contributed by atoms with Crippen molar-refractivity contribution in [3.8, 4) is 0 Å². The predicted octanol–water partition coefficient (Wildman–Crippen LogP) is 2.24. The van der Waals surface area contributed by atoms with Gasteiger partial charge in [0.05, 0.1) is 18.1 Å². The van der Waals surface area contributed by atoms with Crippen LogP contribution in [0.1, 0.15) is 30.6 Å². The summed E-state index contributed by atoms with van der Waals surface area (Å²) in [4.78, 5) is 4.16. The van der Waals surface area contributed by atoms with Gasteiger partial charge >= 0.3 is 0 Å². The Morgan fingerprint density at radius 2 is 2.21 bits per heavy atom. The highest BCUT2D eigenvalue weighted by Crippen LogP contribution is 2.17. The van der Waals surface area contributed by atoms with E-state index in [4.69, 9.17) is 0 Å². The fourth-order valence-corrected chi connectivity index (χ4v) is 2.11. The minimum atomic E-state index is -0.300. The standard InChI is InChI=1S/C14H19FN4/c1-3-16-13(14-7-5-12(15)9-17-14)6-4-11-8-18-19(2)10-11/h5,7-10,13,16H,3-4,6H2,1-2H3. The highest BCUT2D eigenvalue weighted by Gasteiger charge is 2.12. The van der Waals surface area contributed by atoms with Crippen LogP contribution in [0.3, 0.4) is 0 Å². The Morgan fingerprint density at radius 1 is 1.37 bits per heavy atom. The van der Waals surface area contributed by atoms with E-state index in [1.54, 1.807) is 10.7 Å². The highest BCUT2D eigenvalue weighted by molar-refractivity contribution is 5.11. The van der Waals surface area contributed by atoms with E-state index in [1.807, 2.05) is 19.4 Å². The van der Waals surface area contributed by atoms with Crippen LogP contribution in [0.25, 0.3) is 0 Å². The molecular formula is C14H19FN4. The third-order valence-electron chi connectivity index (χ3n) is 3.04. The third-order valence-corrected chi connectivity index (χ3v) is 3.04. The maximum absolute atomic E-state index is 12.9. The van der Waals surface area contributed by atoms with Crippen molar-refractivity contribution in [3.63, 3.8) is 0 Å². The van der Waals surface area contributed by atoms with Crippen molar-refractivity contribution < 1.29 is 4.39 Å². The average molecular weight is 262 g/mol. The lowest BCUT2D eigenvalue weighted by Gasteiger charge is -2.16. The molecule has 0 aliphatic heterocycles. The second-order valence-electron chi connectivity index (χ2n) is 4.57. The third kappa shape index (κ3) is 3.86. The van der Waals surface area contributed by atoms with E-state index in [0.29, 0.717) is 0 Å². The van der Waals surface area contributed by atoms with Gasteiger partial charge in [-0.05, 0) is 37.1 Å². The molecule has 0 amide bonds. The number of pyridine rings is 1. The summed E-state index contributed by atoms with van der Waals surface area (Å²) in [5.41, 5.74) is 2.08. The summed E-state index contributed by atoms with van der Waals surface area (Å²) < 4.78 is 14.7. The molecule has 5 heteroatoms. The minimum Gasteiger partial charge on any atom is -0.309 e. The molecule has 2 rings (SSSR count). The monoisotopic (exact) mass is 262 g/mol. The van der Waals surface area contributed by atoms with Crippen molar-refractivity contribution >= 4 is 0 Å². The number of aryl methyl sites for hydroxylation is 2. The van der Waals surface area contributed by atoms with Crippen LogP contribution >= 0.6 is 0 Å². The second-order valence-corrected chi connectivity index (χ2v) is 4.57. The predicted molar refractivity (Wildman–Crippen MR) is 72.1 cm³/mol. The maximum Gasteiger partial charge on any atom is 0.141 e. The molecule has 4 nitrogen and oxygen atoms in total. The molecule has 0 aliphatic rings. The minimum absolute atomic E-state index is 0.144. The zero-order valence-electron chi connectivity index (χ0n) is 11.3. The van der Waals surface area contributed by atoms with Crippen LogP contribution in [0.15, 0.2) is 30.7 Å². The average Bonchev–Trinajstić information content (AvgIpc) is 2.81. The molecule has 0 bridgehead atoms. The Balaban J connectivity index is 2.01. The Hall–Kier alpha value is -1.75. The van der Waals surface area contributed by atoms with Crippen molar-refractivity contribution in [2.75, 3.05) is 6.54 Å². The summed E-state index contributed by atoms with van der Waals surface area (Å²) in [5, 5.41) is 7.54. The van der Waals surface area contributed by atoms with Gasteiger partial charge in [-0.15, -0.1) is 0 Å². The molecule has 0 saturated heterocycles. The van der Waals surface area contributed by atoms with E-state index in [1.165, 1.54) is 17.8 Å². The van der Waals surface area contributed by atoms with Gasteiger partial charge in [-0.3, -0.25) is 9.67 Å². The van der Waals surface area contributed by atoms with Gasteiger partial charge in [0, 0.05) is 19.3 Å². The van der Waals surface area contributed by atoms with E-state index in [0.717, 1.165) is 25.1 Å². The fourth-order valence-electron chi connectivity index (χ4n) is 2.11. The number of hydrogen-bond acceptors (Lipinski definition) is 3. The first kappa shape index (κ1) is 13.7. The van der Waals surface area contributed by atoms with Crippen LogP contribution in [0.4, 0.5) is 4.39 Å². The summed E-state index contributed by atoms with van der Waals surface area (Å²) in [7, 11) is 1.91. The first-order chi connectivity index (χ1) is 9.19. The largest absolute Gasteiger partial charge is 0.309 e. The zero-order chi connectivity index (χ0) is 13.7. The molecule has 2 aromatic rings. The molecule has 19 heavy (non-hydrogen) atoms. The molecule has 1 atom stereocenters. The summed E-state index contributed by atoms with van der Waals surface area (Å²) in [6.45, 7) is 2.91. The summed E-state index contributed by atoms with van der Waals surface area (Å²) in [6.07, 6.45) is 6.99. The number of aromatic nitrogens is 3. The van der Waals surface area contributed by atoms with Crippen molar-refractivity contribution in [2.45, 2.75) is 25.8 Å². The molecule has 1 N–H and O–H groups in total. The first-order valence-electron chi connectivity index (χ1n) is 6.51. The van der Waals surface area contributed by atoms with Crippen LogP contribution in [0, 0.1) is 5.82 Å². The number of halogens is 1. The molecule has 2 aromatic heterocycles. The quantitative estimate of drug-likeness (QED) is 0.868. The SMILES string of the molecule is CCNC(CCc1cnn(C)c1)c1ccc(F)cn1.